The molecule has 37 heavy (non-hydrogen) atoms. The number of thiophene rings is 1. The number of hydrogen-bond acceptors (Lipinski definition) is 6. The fourth-order valence-electron chi connectivity index (χ4n) is 6.87. The molecule has 4 atom stereocenters. The second-order valence-electron chi connectivity index (χ2n) is 11.6. The number of piperidine rings is 1. The van der Waals surface area contributed by atoms with Gasteiger partial charge in [0.2, 0.25) is 11.8 Å². The van der Waals surface area contributed by atoms with Crippen molar-refractivity contribution in [1.82, 2.24) is 25.0 Å². The maximum Gasteiger partial charge on any atom is 0.223 e. The molecule has 2 aromatic heterocycles. The number of carbonyl (C=O) groups excluding carboxylic acids is 2. The summed E-state index contributed by atoms with van der Waals surface area (Å²) in [5.74, 6) is 2.79. The lowest BCUT2D eigenvalue weighted by molar-refractivity contribution is -0.125. The van der Waals surface area contributed by atoms with Gasteiger partial charge in [-0.1, -0.05) is 26.7 Å². The zero-order valence-corrected chi connectivity index (χ0v) is 23.5. The first-order valence-corrected chi connectivity index (χ1v) is 15.0. The molecule has 0 spiro atoms. The first kappa shape index (κ1) is 26.4. The molecule has 5 rings (SSSR count). The second-order valence-corrected chi connectivity index (χ2v) is 12.7. The highest BCUT2D eigenvalue weighted by Gasteiger charge is 2.42. The van der Waals surface area contributed by atoms with Gasteiger partial charge in [0.15, 0.2) is 0 Å². The molecular formula is C28H42N6O2S. The number of nitrogens with zero attached hydrogens (tertiary/aromatic N) is 4. The molecule has 2 amide bonds. The summed E-state index contributed by atoms with van der Waals surface area (Å²) in [5, 5.41) is 16.0. The molecule has 4 heterocycles. The Morgan fingerprint density at radius 3 is 2.41 bits per heavy atom. The third-order valence-corrected chi connectivity index (χ3v) is 9.74. The lowest BCUT2D eigenvalue weighted by Gasteiger charge is -2.40. The summed E-state index contributed by atoms with van der Waals surface area (Å²) in [6.45, 7) is 8.99. The van der Waals surface area contributed by atoms with Crippen LogP contribution in [0.15, 0.2) is 12.1 Å². The van der Waals surface area contributed by atoms with E-state index < -0.39 is 0 Å². The summed E-state index contributed by atoms with van der Waals surface area (Å²) in [7, 11) is 0. The average Bonchev–Trinajstić information content (AvgIpc) is 3.64. The molecule has 2 bridgehead atoms. The molecule has 2 saturated heterocycles. The van der Waals surface area contributed by atoms with Gasteiger partial charge in [0.25, 0.3) is 0 Å². The lowest BCUT2D eigenvalue weighted by atomic mass is 9.95. The van der Waals surface area contributed by atoms with Crippen LogP contribution in [0.1, 0.15) is 113 Å². The first-order valence-electron chi connectivity index (χ1n) is 14.1. The molecule has 9 heteroatoms. The fourth-order valence-corrected chi connectivity index (χ4v) is 7.91. The van der Waals surface area contributed by atoms with Crippen LogP contribution in [0.25, 0.3) is 0 Å². The number of rotatable bonds is 9. The molecular weight excluding hydrogens is 484 g/mol. The van der Waals surface area contributed by atoms with Gasteiger partial charge in [-0.05, 0) is 64.0 Å². The van der Waals surface area contributed by atoms with Gasteiger partial charge in [-0.2, -0.15) is 0 Å². The zero-order chi connectivity index (χ0) is 26.1. The molecule has 202 valence electrons. The predicted octanol–water partition coefficient (Wildman–Crippen LogP) is 5.34. The number of fused-ring (bicyclic) bond motifs is 2. The van der Waals surface area contributed by atoms with Crippen molar-refractivity contribution in [3.8, 4) is 0 Å². The SMILES string of the molecule is CC(=O)Nc1ccc([C@H](CCN2[C@@H]3CC[C@H]2CC(n2c(C)nnc2C(C)C)C3)NC(=O)C2CCCC2)s1. The summed E-state index contributed by atoms with van der Waals surface area (Å²) in [6, 6.07) is 5.60. The van der Waals surface area contributed by atoms with E-state index in [0.717, 1.165) is 73.0 Å². The van der Waals surface area contributed by atoms with Gasteiger partial charge in [0, 0.05) is 48.3 Å². The zero-order valence-electron chi connectivity index (χ0n) is 22.7. The van der Waals surface area contributed by atoms with Crippen LogP contribution in [0.5, 0.6) is 0 Å². The number of aryl methyl sites for hydroxylation is 1. The summed E-state index contributed by atoms with van der Waals surface area (Å²) in [4.78, 5) is 28.5. The van der Waals surface area contributed by atoms with E-state index in [-0.39, 0.29) is 23.8 Å². The van der Waals surface area contributed by atoms with E-state index in [1.807, 2.05) is 6.07 Å². The monoisotopic (exact) mass is 526 g/mol. The Kier molecular flexibility index (Phi) is 8.00. The minimum atomic E-state index is -0.0664. The van der Waals surface area contributed by atoms with Crippen LogP contribution >= 0.6 is 11.3 Å². The Labute approximate surface area is 224 Å². The molecule has 1 unspecified atom stereocenters. The van der Waals surface area contributed by atoms with Crippen molar-refractivity contribution in [2.75, 3.05) is 11.9 Å². The molecule has 0 radical (unpaired) electrons. The Balaban J connectivity index is 1.27. The van der Waals surface area contributed by atoms with Crippen molar-refractivity contribution in [2.24, 2.45) is 5.92 Å². The van der Waals surface area contributed by atoms with Crippen LogP contribution in [-0.4, -0.2) is 50.1 Å². The van der Waals surface area contributed by atoms with Crippen molar-refractivity contribution in [3.05, 3.63) is 28.7 Å². The standard InChI is InChI=1S/C28H42N6O2S/c1-17(2)27-32-31-18(3)34(27)23-15-21-9-10-22(16-23)33(21)14-13-24(30-28(36)20-7-5-6-8-20)25-11-12-26(37-25)29-19(4)35/h11-12,17,20-24H,5-10,13-16H2,1-4H3,(H,29,35)(H,30,36)/t21-,22+,23?,24-/m0/s1. The van der Waals surface area contributed by atoms with E-state index >= 15 is 0 Å². The Morgan fingerprint density at radius 2 is 1.76 bits per heavy atom. The van der Waals surface area contributed by atoms with Gasteiger partial charge < -0.3 is 15.2 Å². The van der Waals surface area contributed by atoms with Crippen molar-refractivity contribution >= 4 is 28.2 Å². The van der Waals surface area contributed by atoms with Crippen molar-refractivity contribution < 1.29 is 9.59 Å². The molecule has 2 aliphatic heterocycles. The third kappa shape index (κ3) is 5.77. The lowest BCUT2D eigenvalue weighted by Crippen LogP contribution is -2.45. The van der Waals surface area contributed by atoms with Gasteiger partial charge in [0.05, 0.1) is 11.0 Å². The smallest absolute Gasteiger partial charge is 0.223 e. The van der Waals surface area contributed by atoms with E-state index in [0.29, 0.717) is 24.0 Å². The molecule has 3 aliphatic rings. The maximum absolute atomic E-state index is 13.1. The Bertz CT molecular complexity index is 1090. The number of nitrogens with one attached hydrogen (secondary N) is 2. The van der Waals surface area contributed by atoms with Crippen LogP contribution in [0.4, 0.5) is 5.00 Å². The molecule has 1 saturated carbocycles. The Hall–Kier alpha value is -2.26. The van der Waals surface area contributed by atoms with Gasteiger partial charge in [-0.15, -0.1) is 21.5 Å². The van der Waals surface area contributed by atoms with Crippen LogP contribution < -0.4 is 10.6 Å². The van der Waals surface area contributed by atoms with Gasteiger partial charge in [0.1, 0.15) is 11.6 Å². The maximum atomic E-state index is 13.1. The highest BCUT2D eigenvalue weighted by molar-refractivity contribution is 7.16. The summed E-state index contributed by atoms with van der Waals surface area (Å²) >= 11 is 1.58. The van der Waals surface area contributed by atoms with Crippen LogP contribution in [0, 0.1) is 12.8 Å². The number of amides is 2. The molecule has 1 aliphatic carbocycles. The minimum absolute atomic E-state index is 0.0228. The minimum Gasteiger partial charge on any atom is -0.348 e. The van der Waals surface area contributed by atoms with Gasteiger partial charge >= 0.3 is 0 Å². The number of anilines is 1. The molecule has 2 N–H and O–H groups in total. The first-order chi connectivity index (χ1) is 17.8. The topological polar surface area (TPSA) is 92.2 Å². The number of carbonyl (C=O) groups is 2. The van der Waals surface area contributed by atoms with Crippen molar-refractivity contribution in [1.29, 1.82) is 0 Å². The van der Waals surface area contributed by atoms with E-state index in [4.69, 9.17) is 0 Å². The van der Waals surface area contributed by atoms with Crippen LogP contribution in [-0.2, 0) is 9.59 Å². The third-order valence-electron chi connectivity index (χ3n) is 8.62. The predicted molar refractivity (Wildman–Crippen MR) is 147 cm³/mol. The highest BCUT2D eigenvalue weighted by atomic mass is 32.1. The van der Waals surface area contributed by atoms with Crippen molar-refractivity contribution in [3.63, 3.8) is 0 Å². The van der Waals surface area contributed by atoms with Gasteiger partial charge in [-0.25, -0.2) is 0 Å². The van der Waals surface area contributed by atoms with E-state index in [2.05, 4.69) is 57.1 Å². The second kappa shape index (κ2) is 11.2. The molecule has 2 aromatic rings. The number of hydrogen-bond donors (Lipinski definition) is 2. The molecule has 3 fully saturated rings. The largest absolute Gasteiger partial charge is 0.348 e. The summed E-state index contributed by atoms with van der Waals surface area (Å²) < 4.78 is 2.41. The van der Waals surface area contributed by atoms with E-state index in [9.17, 15) is 9.59 Å². The van der Waals surface area contributed by atoms with E-state index in [1.54, 1.807) is 11.3 Å². The van der Waals surface area contributed by atoms with Crippen molar-refractivity contribution in [2.45, 2.75) is 116 Å². The normalized spacial score (nSPS) is 25.1. The quantitative estimate of drug-likeness (QED) is 0.460. The average molecular weight is 527 g/mol. The summed E-state index contributed by atoms with van der Waals surface area (Å²) in [5.41, 5.74) is 0. The van der Waals surface area contributed by atoms with Gasteiger partial charge in [-0.3, -0.25) is 14.5 Å². The van der Waals surface area contributed by atoms with Crippen LogP contribution in [0.2, 0.25) is 0 Å². The number of aromatic nitrogens is 3. The molecule has 8 nitrogen and oxygen atoms in total. The Morgan fingerprint density at radius 1 is 1.05 bits per heavy atom. The summed E-state index contributed by atoms with van der Waals surface area (Å²) in [6.07, 6.45) is 9.94. The van der Waals surface area contributed by atoms with E-state index in [1.165, 1.54) is 19.8 Å². The van der Waals surface area contributed by atoms with Crippen LogP contribution in [0.3, 0.4) is 0 Å². The fraction of sp³-hybridized carbons (Fsp3) is 0.714. The highest BCUT2D eigenvalue weighted by Crippen LogP contribution is 2.43. The molecule has 0 aromatic carbocycles.